The van der Waals surface area contributed by atoms with Crippen molar-refractivity contribution < 1.29 is 9.84 Å². The van der Waals surface area contributed by atoms with Crippen LogP contribution in [0, 0.1) is 13.8 Å². The lowest BCUT2D eigenvalue weighted by molar-refractivity contribution is -0.0500. The standard InChI is InChI=1S/C16H25N5O2/c1-13-8-14(2)21(18-13)12-16-11-19(6-7-23-16)9-15(22)10-20-5-3-4-17-20/h3-5,8,15-16,22H,6-7,9-12H2,1-2H3/t15-,16-/m1/s1. The first-order valence-corrected chi connectivity index (χ1v) is 8.10. The van der Waals surface area contributed by atoms with Gasteiger partial charge in [-0.1, -0.05) is 0 Å². The molecule has 1 fully saturated rings. The summed E-state index contributed by atoms with van der Waals surface area (Å²) in [5, 5.41) is 18.9. The fraction of sp³-hybridized carbons (Fsp3) is 0.625. The highest BCUT2D eigenvalue weighted by atomic mass is 16.5. The van der Waals surface area contributed by atoms with E-state index in [2.05, 4.69) is 28.1 Å². The van der Waals surface area contributed by atoms with Gasteiger partial charge in [-0.3, -0.25) is 14.3 Å². The first kappa shape index (κ1) is 16.2. The number of aliphatic hydroxyl groups excluding tert-OH is 1. The van der Waals surface area contributed by atoms with Crippen molar-refractivity contribution in [2.24, 2.45) is 0 Å². The number of hydrogen-bond acceptors (Lipinski definition) is 5. The molecular formula is C16H25N5O2. The third kappa shape index (κ3) is 4.40. The molecule has 0 amide bonds. The fourth-order valence-corrected chi connectivity index (χ4v) is 3.09. The Morgan fingerprint density at radius 2 is 2.26 bits per heavy atom. The zero-order valence-electron chi connectivity index (χ0n) is 13.8. The first-order valence-electron chi connectivity index (χ1n) is 8.10. The van der Waals surface area contributed by atoms with Crippen molar-refractivity contribution in [2.75, 3.05) is 26.2 Å². The molecule has 2 atom stereocenters. The van der Waals surface area contributed by atoms with Crippen LogP contribution in [0.2, 0.25) is 0 Å². The largest absolute Gasteiger partial charge is 0.390 e. The molecule has 23 heavy (non-hydrogen) atoms. The average molecular weight is 319 g/mol. The second kappa shape index (κ2) is 7.25. The minimum Gasteiger partial charge on any atom is -0.390 e. The van der Waals surface area contributed by atoms with Crippen LogP contribution in [0.25, 0.3) is 0 Å². The highest BCUT2D eigenvalue weighted by Crippen LogP contribution is 2.11. The van der Waals surface area contributed by atoms with Gasteiger partial charge in [0.15, 0.2) is 0 Å². The van der Waals surface area contributed by atoms with Gasteiger partial charge in [0.05, 0.1) is 37.6 Å². The summed E-state index contributed by atoms with van der Waals surface area (Å²) < 4.78 is 9.63. The van der Waals surface area contributed by atoms with E-state index >= 15 is 0 Å². The molecule has 7 nitrogen and oxygen atoms in total. The van der Waals surface area contributed by atoms with Crippen LogP contribution < -0.4 is 0 Å². The van der Waals surface area contributed by atoms with E-state index in [0.29, 0.717) is 19.7 Å². The molecule has 2 aromatic heterocycles. The summed E-state index contributed by atoms with van der Waals surface area (Å²) >= 11 is 0. The van der Waals surface area contributed by atoms with Crippen LogP contribution in [0.15, 0.2) is 24.5 Å². The summed E-state index contributed by atoms with van der Waals surface area (Å²) in [5.74, 6) is 0. The number of ether oxygens (including phenoxy) is 1. The number of aromatic nitrogens is 4. The van der Waals surface area contributed by atoms with Crippen LogP contribution in [0.1, 0.15) is 11.4 Å². The lowest BCUT2D eigenvalue weighted by atomic mass is 10.2. The first-order chi connectivity index (χ1) is 11.1. The summed E-state index contributed by atoms with van der Waals surface area (Å²) in [4.78, 5) is 2.26. The van der Waals surface area contributed by atoms with E-state index in [0.717, 1.165) is 31.0 Å². The van der Waals surface area contributed by atoms with Gasteiger partial charge in [0.2, 0.25) is 0 Å². The van der Waals surface area contributed by atoms with E-state index in [1.807, 2.05) is 23.9 Å². The molecular weight excluding hydrogens is 294 g/mol. The Morgan fingerprint density at radius 3 is 2.96 bits per heavy atom. The van der Waals surface area contributed by atoms with Gasteiger partial charge in [-0.25, -0.2) is 0 Å². The van der Waals surface area contributed by atoms with E-state index in [1.165, 1.54) is 0 Å². The smallest absolute Gasteiger partial charge is 0.0898 e. The minimum absolute atomic E-state index is 0.110. The number of hydrogen-bond donors (Lipinski definition) is 1. The average Bonchev–Trinajstić information content (AvgIpc) is 3.09. The van der Waals surface area contributed by atoms with Crippen molar-refractivity contribution in [3.63, 3.8) is 0 Å². The van der Waals surface area contributed by atoms with Crippen LogP contribution in [0.5, 0.6) is 0 Å². The third-order valence-electron chi connectivity index (χ3n) is 4.13. The van der Waals surface area contributed by atoms with Crippen molar-refractivity contribution in [2.45, 2.75) is 39.1 Å². The molecule has 0 saturated carbocycles. The van der Waals surface area contributed by atoms with Gasteiger partial charge >= 0.3 is 0 Å². The molecule has 2 aromatic rings. The van der Waals surface area contributed by atoms with E-state index in [9.17, 15) is 5.11 Å². The van der Waals surface area contributed by atoms with Crippen molar-refractivity contribution in [1.29, 1.82) is 0 Å². The second-order valence-electron chi connectivity index (χ2n) is 6.24. The van der Waals surface area contributed by atoms with E-state index in [4.69, 9.17) is 4.74 Å². The normalized spacial score (nSPS) is 20.7. The van der Waals surface area contributed by atoms with Gasteiger partial charge in [-0.2, -0.15) is 10.2 Å². The highest BCUT2D eigenvalue weighted by molar-refractivity contribution is 5.06. The van der Waals surface area contributed by atoms with E-state index in [-0.39, 0.29) is 6.10 Å². The Kier molecular flexibility index (Phi) is 5.09. The van der Waals surface area contributed by atoms with Crippen molar-refractivity contribution in [3.05, 3.63) is 35.9 Å². The summed E-state index contributed by atoms with van der Waals surface area (Å²) in [6.07, 6.45) is 3.28. The van der Waals surface area contributed by atoms with Crippen LogP contribution in [0.3, 0.4) is 0 Å². The molecule has 0 radical (unpaired) electrons. The lowest BCUT2D eigenvalue weighted by Crippen LogP contribution is -2.47. The number of nitrogens with zero attached hydrogens (tertiary/aromatic N) is 5. The summed E-state index contributed by atoms with van der Waals surface area (Å²) in [5.41, 5.74) is 2.19. The molecule has 0 aliphatic carbocycles. The molecule has 0 aromatic carbocycles. The number of aliphatic hydroxyl groups is 1. The number of morpholine rings is 1. The molecule has 0 unspecified atom stereocenters. The third-order valence-corrected chi connectivity index (χ3v) is 4.13. The van der Waals surface area contributed by atoms with Crippen molar-refractivity contribution in [3.8, 4) is 0 Å². The number of rotatable bonds is 6. The lowest BCUT2D eigenvalue weighted by Gasteiger charge is -2.34. The SMILES string of the molecule is Cc1cc(C)n(C[C@H]2CN(C[C@@H](O)Cn3cccn3)CCO2)n1. The number of aryl methyl sites for hydroxylation is 2. The quantitative estimate of drug-likeness (QED) is 0.838. The number of β-amino-alcohol motifs (C(OH)–C–C–N with tert-alkyl or cyclic N) is 1. The Morgan fingerprint density at radius 1 is 1.39 bits per heavy atom. The Labute approximate surface area is 136 Å². The van der Waals surface area contributed by atoms with Gasteiger partial charge in [0, 0.05) is 37.7 Å². The molecule has 0 spiro atoms. The summed E-state index contributed by atoms with van der Waals surface area (Å²) in [6, 6.07) is 3.94. The molecule has 0 bridgehead atoms. The molecule has 1 aliphatic rings. The molecule has 3 heterocycles. The molecule has 1 aliphatic heterocycles. The van der Waals surface area contributed by atoms with Gasteiger partial charge in [0.1, 0.15) is 0 Å². The van der Waals surface area contributed by atoms with Gasteiger partial charge in [-0.15, -0.1) is 0 Å². The maximum absolute atomic E-state index is 10.2. The molecule has 7 heteroatoms. The predicted molar refractivity (Wildman–Crippen MR) is 86.1 cm³/mol. The second-order valence-corrected chi connectivity index (χ2v) is 6.24. The Balaban J connectivity index is 1.50. The van der Waals surface area contributed by atoms with Crippen LogP contribution in [0.4, 0.5) is 0 Å². The molecule has 126 valence electrons. The predicted octanol–water partition coefficient (Wildman–Crippen LogP) is 0.458. The van der Waals surface area contributed by atoms with E-state index < -0.39 is 6.10 Å². The van der Waals surface area contributed by atoms with E-state index in [1.54, 1.807) is 10.9 Å². The van der Waals surface area contributed by atoms with Gasteiger partial charge in [0.25, 0.3) is 0 Å². The zero-order valence-corrected chi connectivity index (χ0v) is 13.8. The summed E-state index contributed by atoms with van der Waals surface area (Å²) in [7, 11) is 0. The van der Waals surface area contributed by atoms with Gasteiger partial charge in [-0.05, 0) is 26.0 Å². The van der Waals surface area contributed by atoms with Crippen molar-refractivity contribution in [1.82, 2.24) is 24.5 Å². The van der Waals surface area contributed by atoms with Crippen LogP contribution in [-0.2, 0) is 17.8 Å². The minimum atomic E-state index is -0.428. The molecule has 3 rings (SSSR count). The topological polar surface area (TPSA) is 68.3 Å². The van der Waals surface area contributed by atoms with Gasteiger partial charge < -0.3 is 9.84 Å². The van der Waals surface area contributed by atoms with Crippen molar-refractivity contribution >= 4 is 0 Å². The highest BCUT2D eigenvalue weighted by Gasteiger charge is 2.23. The Bertz CT molecular complexity index is 610. The molecule has 1 N–H and O–H groups in total. The van der Waals surface area contributed by atoms with Crippen LogP contribution >= 0.6 is 0 Å². The zero-order chi connectivity index (χ0) is 16.2. The summed E-state index contributed by atoms with van der Waals surface area (Å²) in [6.45, 7) is 8.34. The van der Waals surface area contributed by atoms with Crippen LogP contribution in [-0.4, -0.2) is 68.0 Å². The maximum atomic E-state index is 10.2. The Hall–Kier alpha value is -1.70. The monoisotopic (exact) mass is 319 g/mol. The molecule has 1 saturated heterocycles. The fourth-order valence-electron chi connectivity index (χ4n) is 3.09. The maximum Gasteiger partial charge on any atom is 0.0898 e.